The SMILES string of the molecule is O=C(Cc1cccc(C(F)(F)F)c1)NC[C@H]1Cc2cc(-c3cnccn3)ccc2O1. The number of hydrogen-bond donors (Lipinski definition) is 1. The van der Waals surface area contributed by atoms with Crippen molar-refractivity contribution in [2.45, 2.75) is 25.1 Å². The molecule has 0 unspecified atom stereocenters. The second kappa shape index (κ2) is 8.14. The summed E-state index contributed by atoms with van der Waals surface area (Å²) in [6, 6.07) is 10.5. The fourth-order valence-electron chi connectivity index (χ4n) is 3.37. The molecule has 1 N–H and O–H groups in total. The lowest BCUT2D eigenvalue weighted by Gasteiger charge is -2.12. The van der Waals surface area contributed by atoms with E-state index in [2.05, 4.69) is 15.3 Å². The van der Waals surface area contributed by atoms with Crippen molar-refractivity contribution in [1.82, 2.24) is 15.3 Å². The number of nitrogens with one attached hydrogen (secondary N) is 1. The molecule has 0 saturated heterocycles. The molecule has 0 radical (unpaired) electrons. The minimum absolute atomic E-state index is 0.125. The maximum atomic E-state index is 12.8. The molecule has 0 bridgehead atoms. The van der Waals surface area contributed by atoms with E-state index in [4.69, 9.17) is 4.74 Å². The number of alkyl halides is 3. The van der Waals surface area contributed by atoms with Crippen LogP contribution in [0.15, 0.2) is 61.1 Å². The number of carbonyl (C=O) groups is 1. The largest absolute Gasteiger partial charge is 0.488 e. The minimum Gasteiger partial charge on any atom is -0.488 e. The highest BCUT2D eigenvalue weighted by Crippen LogP contribution is 2.32. The molecule has 2 aromatic carbocycles. The third kappa shape index (κ3) is 4.59. The van der Waals surface area contributed by atoms with Crippen LogP contribution in [0.2, 0.25) is 0 Å². The predicted octanol–water partition coefficient (Wildman–Crippen LogP) is 3.82. The molecule has 8 heteroatoms. The van der Waals surface area contributed by atoms with Gasteiger partial charge in [-0.1, -0.05) is 18.2 Å². The Hall–Kier alpha value is -3.42. The van der Waals surface area contributed by atoms with Gasteiger partial charge >= 0.3 is 6.18 Å². The molecule has 154 valence electrons. The van der Waals surface area contributed by atoms with Crippen LogP contribution in [-0.4, -0.2) is 28.5 Å². The van der Waals surface area contributed by atoms with Gasteiger partial charge in [-0.15, -0.1) is 0 Å². The number of amides is 1. The molecular weight excluding hydrogens is 395 g/mol. The van der Waals surface area contributed by atoms with E-state index in [0.717, 1.165) is 34.7 Å². The van der Waals surface area contributed by atoms with E-state index in [9.17, 15) is 18.0 Å². The van der Waals surface area contributed by atoms with Gasteiger partial charge in [0.15, 0.2) is 0 Å². The molecular formula is C22H18F3N3O2. The number of rotatable bonds is 5. The Balaban J connectivity index is 1.33. The summed E-state index contributed by atoms with van der Waals surface area (Å²) in [6.45, 7) is 0.271. The Morgan fingerprint density at radius 3 is 2.80 bits per heavy atom. The topological polar surface area (TPSA) is 64.1 Å². The summed E-state index contributed by atoms with van der Waals surface area (Å²) in [5.41, 5.74) is 2.25. The average Bonchev–Trinajstić information content (AvgIpc) is 3.15. The number of fused-ring (bicyclic) bond motifs is 1. The number of benzene rings is 2. The Bertz CT molecular complexity index is 1050. The zero-order chi connectivity index (χ0) is 21.1. The molecule has 0 aliphatic carbocycles. The molecule has 4 rings (SSSR count). The number of nitrogens with zero attached hydrogens (tertiary/aromatic N) is 2. The van der Waals surface area contributed by atoms with E-state index in [0.29, 0.717) is 12.0 Å². The summed E-state index contributed by atoms with van der Waals surface area (Å²) in [4.78, 5) is 20.5. The highest BCUT2D eigenvalue weighted by molar-refractivity contribution is 5.78. The van der Waals surface area contributed by atoms with Crippen LogP contribution in [0.25, 0.3) is 11.3 Å². The van der Waals surface area contributed by atoms with Crippen molar-refractivity contribution >= 4 is 5.91 Å². The van der Waals surface area contributed by atoms with Gasteiger partial charge in [-0.05, 0) is 35.4 Å². The normalized spacial score (nSPS) is 15.4. The number of hydrogen-bond acceptors (Lipinski definition) is 4. The van der Waals surface area contributed by atoms with Crippen LogP contribution in [0.5, 0.6) is 5.75 Å². The second-order valence-corrected chi connectivity index (χ2v) is 7.04. The molecule has 1 atom stereocenters. The molecule has 3 aromatic rings. The first-order valence-corrected chi connectivity index (χ1v) is 9.37. The summed E-state index contributed by atoms with van der Waals surface area (Å²) >= 11 is 0. The van der Waals surface area contributed by atoms with Crippen LogP contribution in [0.3, 0.4) is 0 Å². The van der Waals surface area contributed by atoms with Crippen molar-refractivity contribution in [3.05, 3.63) is 77.7 Å². The molecule has 30 heavy (non-hydrogen) atoms. The van der Waals surface area contributed by atoms with E-state index >= 15 is 0 Å². The number of aromatic nitrogens is 2. The fraction of sp³-hybridized carbons (Fsp3) is 0.227. The van der Waals surface area contributed by atoms with Crippen LogP contribution >= 0.6 is 0 Å². The third-order valence-electron chi connectivity index (χ3n) is 4.81. The zero-order valence-electron chi connectivity index (χ0n) is 15.8. The smallest absolute Gasteiger partial charge is 0.416 e. The van der Waals surface area contributed by atoms with Gasteiger partial charge in [0.05, 0.1) is 30.4 Å². The first-order valence-electron chi connectivity index (χ1n) is 9.37. The summed E-state index contributed by atoms with van der Waals surface area (Å²) in [5.74, 6) is 0.397. The van der Waals surface area contributed by atoms with Crippen molar-refractivity contribution < 1.29 is 22.7 Å². The van der Waals surface area contributed by atoms with Gasteiger partial charge in [-0.2, -0.15) is 13.2 Å². The van der Waals surface area contributed by atoms with Crippen molar-refractivity contribution in [2.24, 2.45) is 0 Å². The number of ether oxygens (including phenoxy) is 1. The maximum absolute atomic E-state index is 12.8. The summed E-state index contributed by atoms with van der Waals surface area (Å²) in [5, 5.41) is 2.74. The zero-order valence-corrected chi connectivity index (χ0v) is 15.8. The van der Waals surface area contributed by atoms with Crippen LogP contribution in [0.1, 0.15) is 16.7 Å². The predicted molar refractivity (Wildman–Crippen MR) is 104 cm³/mol. The maximum Gasteiger partial charge on any atom is 0.416 e. The first-order chi connectivity index (χ1) is 14.4. The van der Waals surface area contributed by atoms with E-state index < -0.39 is 11.7 Å². The standard InChI is InChI=1S/C22H18F3N3O2/c23-22(24,25)17-3-1-2-14(8-17)9-21(29)28-12-18-11-16-10-15(4-5-20(16)30-18)19-13-26-6-7-27-19/h1-8,10,13,18H,9,11-12H2,(H,28,29)/t18-/m1/s1. The Labute approximate surface area is 170 Å². The van der Waals surface area contributed by atoms with E-state index in [1.807, 2.05) is 18.2 Å². The Morgan fingerprint density at radius 2 is 2.03 bits per heavy atom. The lowest BCUT2D eigenvalue weighted by molar-refractivity contribution is -0.137. The highest BCUT2D eigenvalue weighted by Gasteiger charge is 2.30. The quantitative estimate of drug-likeness (QED) is 0.691. The lowest BCUT2D eigenvalue weighted by atomic mass is 10.0. The lowest BCUT2D eigenvalue weighted by Crippen LogP contribution is -2.35. The van der Waals surface area contributed by atoms with Gasteiger partial charge < -0.3 is 10.1 Å². The summed E-state index contributed by atoms with van der Waals surface area (Å²) in [7, 11) is 0. The van der Waals surface area contributed by atoms with Gasteiger partial charge in [0.2, 0.25) is 5.91 Å². The third-order valence-corrected chi connectivity index (χ3v) is 4.81. The van der Waals surface area contributed by atoms with Gasteiger partial charge in [-0.3, -0.25) is 14.8 Å². The van der Waals surface area contributed by atoms with E-state index in [1.165, 1.54) is 12.1 Å². The van der Waals surface area contributed by atoms with Gasteiger partial charge in [-0.25, -0.2) is 0 Å². The van der Waals surface area contributed by atoms with Gasteiger partial charge in [0, 0.05) is 24.4 Å². The molecule has 0 spiro atoms. The molecule has 1 aliphatic rings. The van der Waals surface area contributed by atoms with Crippen LogP contribution in [0, 0.1) is 0 Å². The van der Waals surface area contributed by atoms with Crippen molar-refractivity contribution in [3.63, 3.8) is 0 Å². The second-order valence-electron chi connectivity index (χ2n) is 7.04. The molecule has 5 nitrogen and oxygen atoms in total. The van der Waals surface area contributed by atoms with Crippen molar-refractivity contribution in [1.29, 1.82) is 0 Å². The fourth-order valence-corrected chi connectivity index (χ4v) is 3.37. The van der Waals surface area contributed by atoms with Crippen molar-refractivity contribution in [3.8, 4) is 17.0 Å². The van der Waals surface area contributed by atoms with E-state index in [-0.39, 0.29) is 25.0 Å². The molecule has 2 heterocycles. The average molecular weight is 413 g/mol. The van der Waals surface area contributed by atoms with Crippen molar-refractivity contribution in [2.75, 3.05) is 6.54 Å². The monoisotopic (exact) mass is 413 g/mol. The van der Waals surface area contributed by atoms with Crippen LogP contribution in [0.4, 0.5) is 13.2 Å². The Kier molecular flexibility index (Phi) is 5.39. The van der Waals surface area contributed by atoms with E-state index in [1.54, 1.807) is 18.6 Å². The number of carbonyl (C=O) groups excluding carboxylic acids is 1. The molecule has 0 fully saturated rings. The van der Waals surface area contributed by atoms with Gasteiger partial charge in [0.25, 0.3) is 0 Å². The summed E-state index contributed by atoms with van der Waals surface area (Å²) < 4.78 is 44.3. The molecule has 1 aliphatic heterocycles. The molecule has 1 amide bonds. The van der Waals surface area contributed by atoms with Crippen LogP contribution in [-0.2, 0) is 23.8 Å². The highest BCUT2D eigenvalue weighted by atomic mass is 19.4. The summed E-state index contributed by atoms with van der Waals surface area (Å²) in [6.07, 6.45) is 0.749. The minimum atomic E-state index is -4.43. The van der Waals surface area contributed by atoms with Crippen LogP contribution < -0.4 is 10.1 Å². The molecule has 1 aromatic heterocycles. The number of halogens is 3. The molecule has 0 saturated carbocycles. The first kappa shape index (κ1) is 19.9. The Morgan fingerprint density at radius 1 is 1.17 bits per heavy atom. The van der Waals surface area contributed by atoms with Gasteiger partial charge in [0.1, 0.15) is 11.9 Å².